The van der Waals surface area contributed by atoms with E-state index in [9.17, 15) is 0 Å². The maximum atomic E-state index is 6.30. The highest BCUT2D eigenvalue weighted by Gasteiger charge is 2.21. The average Bonchev–Trinajstić information content (AvgIpc) is 3.01. The van der Waals surface area contributed by atoms with Crippen molar-refractivity contribution in [1.82, 2.24) is 19.4 Å². The third kappa shape index (κ3) is 3.70. The smallest absolute Gasteiger partial charge is 0.105 e. The van der Waals surface area contributed by atoms with Gasteiger partial charge < -0.3 is 4.57 Å². The second-order valence-electron chi connectivity index (χ2n) is 6.98. The van der Waals surface area contributed by atoms with Crippen LogP contribution in [0.2, 0.25) is 5.02 Å². The molecule has 0 aliphatic carbocycles. The molecule has 0 radical (unpaired) electrons. The van der Waals surface area contributed by atoms with E-state index >= 15 is 0 Å². The predicted molar refractivity (Wildman–Crippen MR) is 102 cm³/mol. The van der Waals surface area contributed by atoms with E-state index in [-0.39, 0.29) is 0 Å². The number of aryl methyl sites for hydroxylation is 1. The molecule has 1 aliphatic rings. The first-order chi connectivity index (χ1) is 12.2. The van der Waals surface area contributed by atoms with E-state index in [1.54, 1.807) is 0 Å². The Hall–Kier alpha value is -1.91. The average molecular weight is 355 g/mol. The molecule has 0 saturated carbocycles. The van der Waals surface area contributed by atoms with Crippen molar-refractivity contribution in [3.8, 4) is 0 Å². The summed E-state index contributed by atoms with van der Waals surface area (Å²) in [4.78, 5) is 11.6. The number of benzene rings is 1. The Morgan fingerprint density at radius 3 is 3.00 bits per heavy atom. The first kappa shape index (κ1) is 16.6. The Labute approximate surface area is 153 Å². The Balaban J connectivity index is 1.45. The number of aromatic nitrogens is 3. The van der Waals surface area contributed by atoms with Gasteiger partial charge in [-0.15, -0.1) is 0 Å². The van der Waals surface area contributed by atoms with E-state index in [1.165, 1.54) is 12.8 Å². The van der Waals surface area contributed by atoms with Crippen LogP contribution in [0.1, 0.15) is 24.4 Å². The highest BCUT2D eigenvalue weighted by atomic mass is 35.5. The Bertz CT molecular complexity index is 873. The summed E-state index contributed by atoms with van der Waals surface area (Å²) in [6, 6.07) is 10.2. The van der Waals surface area contributed by atoms with E-state index < -0.39 is 0 Å². The Morgan fingerprint density at radius 1 is 1.24 bits per heavy atom. The van der Waals surface area contributed by atoms with Crippen molar-refractivity contribution in [2.75, 3.05) is 13.1 Å². The number of rotatable bonds is 4. The van der Waals surface area contributed by atoms with Crippen LogP contribution in [0, 0.1) is 12.8 Å². The number of likely N-dealkylation sites (tertiary alicyclic amines) is 1. The van der Waals surface area contributed by atoms with Gasteiger partial charge in [-0.3, -0.25) is 4.90 Å². The van der Waals surface area contributed by atoms with Crippen molar-refractivity contribution >= 4 is 22.5 Å². The molecule has 3 heterocycles. The Morgan fingerprint density at radius 2 is 2.16 bits per heavy atom. The van der Waals surface area contributed by atoms with Gasteiger partial charge in [-0.05, 0) is 44.4 Å². The second kappa shape index (κ2) is 7.14. The molecule has 4 nitrogen and oxygen atoms in total. The van der Waals surface area contributed by atoms with E-state index in [0.29, 0.717) is 5.92 Å². The molecular formula is C20H23ClN4. The molecule has 5 heteroatoms. The van der Waals surface area contributed by atoms with Crippen LogP contribution in [0.5, 0.6) is 0 Å². The van der Waals surface area contributed by atoms with Crippen molar-refractivity contribution in [3.05, 3.63) is 59.3 Å². The third-order valence-electron chi connectivity index (χ3n) is 5.10. The number of hydrogen-bond donors (Lipinski definition) is 0. The number of para-hydroxylation sites is 1. The van der Waals surface area contributed by atoms with Gasteiger partial charge in [-0.1, -0.05) is 29.8 Å². The Kier molecular flexibility index (Phi) is 4.73. The summed E-state index contributed by atoms with van der Waals surface area (Å²) in [5.41, 5.74) is 2.00. The van der Waals surface area contributed by atoms with Gasteiger partial charge >= 0.3 is 0 Å². The maximum Gasteiger partial charge on any atom is 0.105 e. The summed E-state index contributed by atoms with van der Waals surface area (Å²) in [6.45, 7) is 6.27. The normalized spacial score (nSPS) is 18.7. The van der Waals surface area contributed by atoms with Crippen molar-refractivity contribution < 1.29 is 0 Å². The number of fused-ring (bicyclic) bond motifs is 1. The molecule has 2 aromatic heterocycles. The third-order valence-corrected chi connectivity index (χ3v) is 5.40. The number of imidazole rings is 1. The van der Waals surface area contributed by atoms with Gasteiger partial charge in [-0.2, -0.15) is 0 Å². The molecule has 25 heavy (non-hydrogen) atoms. The molecule has 1 aliphatic heterocycles. The van der Waals surface area contributed by atoms with Gasteiger partial charge in [0.15, 0.2) is 0 Å². The van der Waals surface area contributed by atoms with Crippen LogP contribution in [0.15, 0.2) is 42.7 Å². The van der Waals surface area contributed by atoms with Crippen molar-refractivity contribution in [2.24, 2.45) is 5.92 Å². The summed E-state index contributed by atoms with van der Waals surface area (Å²) in [6.07, 6.45) is 6.50. The second-order valence-corrected chi connectivity index (χ2v) is 7.39. The topological polar surface area (TPSA) is 34.0 Å². The fourth-order valence-corrected chi connectivity index (χ4v) is 4.01. The fourth-order valence-electron chi connectivity index (χ4n) is 3.79. The number of nitrogens with zero attached hydrogens (tertiary/aromatic N) is 4. The van der Waals surface area contributed by atoms with Crippen molar-refractivity contribution in [1.29, 1.82) is 0 Å². The molecule has 1 fully saturated rings. The lowest BCUT2D eigenvalue weighted by Crippen LogP contribution is -2.36. The molecule has 0 spiro atoms. The molecule has 1 saturated heterocycles. The number of halogens is 1. The van der Waals surface area contributed by atoms with Crippen LogP contribution >= 0.6 is 11.6 Å². The lowest BCUT2D eigenvalue weighted by molar-refractivity contribution is 0.154. The monoisotopic (exact) mass is 354 g/mol. The largest absolute Gasteiger partial charge is 0.335 e. The SMILES string of the molecule is Cc1nccn1CC1CCCN(Cc2ccc3cccc(Cl)c3n2)C1. The van der Waals surface area contributed by atoms with Crippen LogP contribution in [-0.4, -0.2) is 32.5 Å². The van der Waals surface area contributed by atoms with Gasteiger partial charge in [0.25, 0.3) is 0 Å². The van der Waals surface area contributed by atoms with Crippen LogP contribution < -0.4 is 0 Å². The molecular weight excluding hydrogens is 332 g/mol. The first-order valence-electron chi connectivity index (χ1n) is 8.93. The quantitative estimate of drug-likeness (QED) is 0.700. The molecule has 1 aromatic carbocycles. The lowest BCUT2D eigenvalue weighted by Gasteiger charge is -2.32. The molecule has 4 rings (SSSR count). The minimum Gasteiger partial charge on any atom is -0.335 e. The van der Waals surface area contributed by atoms with Gasteiger partial charge in [0.05, 0.1) is 16.2 Å². The number of pyridine rings is 1. The zero-order valence-electron chi connectivity index (χ0n) is 14.5. The number of hydrogen-bond acceptors (Lipinski definition) is 3. The molecule has 3 aromatic rings. The molecule has 130 valence electrons. The zero-order chi connectivity index (χ0) is 17.2. The van der Waals surface area contributed by atoms with Gasteiger partial charge in [0, 0.05) is 37.4 Å². The summed E-state index contributed by atoms with van der Waals surface area (Å²) in [5.74, 6) is 1.77. The summed E-state index contributed by atoms with van der Waals surface area (Å²) in [5, 5.41) is 1.83. The molecule has 1 unspecified atom stereocenters. The lowest BCUT2D eigenvalue weighted by atomic mass is 9.97. The first-order valence-corrected chi connectivity index (χ1v) is 9.31. The number of piperidine rings is 1. The van der Waals surface area contributed by atoms with Crippen LogP contribution in [0.4, 0.5) is 0 Å². The van der Waals surface area contributed by atoms with Gasteiger partial charge in [0.1, 0.15) is 5.82 Å². The summed E-state index contributed by atoms with van der Waals surface area (Å²) in [7, 11) is 0. The summed E-state index contributed by atoms with van der Waals surface area (Å²) < 4.78 is 2.27. The maximum absolute atomic E-state index is 6.30. The van der Waals surface area contributed by atoms with Gasteiger partial charge in [0.2, 0.25) is 0 Å². The molecule has 0 amide bonds. The van der Waals surface area contributed by atoms with Gasteiger partial charge in [-0.25, -0.2) is 9.97 Å². The van der Waals surface area contributed by atoms with E-state index in [4.69, 9.17) is 16.6 Å². The van der Waals surface area contributed by atoms with Crippen LogP contribution in [-0.2, 0) is 13.1 Å². The fraction of sp³-hybridized carbons (Fsp3) is 0.400. The highest BCUT2D eigenvalue weighted by molar-refractivity contribution is 6.35. The standard InChI is InChI=1S/C20H23ClN4/c1-15-22-9-11-25(15)13-16-4-3-10-24(12-16)14-18-8-7-17-5-2-6-19(21)20(17)23-18/h2,5-9,11,16H,3-4,10,12-14H2,1H3. The van der Waals surface area contributed by atoms with Crippen molar-refractivity contribution in [3.63, 3.8) is 0 Å². The minimum absolute atomic E-state index is 0.672. The van der Waals surface area contributed by atoms with Crippen molar-refractivity contribution in [2.45, 2.75) is 32.9 Å². The molecule has 0 bridgehead atoms. The molecule has 0 N–H and O–H groups in total. The summed E-state index contributed by atoms with van der Waals surface area (Å²) >= 11 is 6.30. The van der Waals surface area contributed by atoms with E-state index in [2.05, 4.69) is 45.8 Å². The minimum atomic E-state index is 0.672. The molecule has 1 atom stereocenters. The zero-order valence-corrected chi connectivity index (χ0v) is 15.3. The predicted octanol–water partition coefficient (Wildman–Crippen LogP) is 4.31. The van der Waals surface area contributed by atoms with Crippen LogP contribution in [0.3, 0.4) is 0 Å². The van der Waals surface area contributed by atoms with Crippen LogP contribution in [0.25, 0.3) is 10.9 Å². The van der Waals surface area contributed by atoms with E-state index in [0.717, 1.165) is 53.6 Å². The highest BCUT2D eigenvalue weighted by Crippen LogP contribution is 2.24. The van der Waals surface area contributed by atoms with E-state index in [1.807, 2.05) is 18.3 Å².